The average molecular weight is 316 g/mol. The SMILES string of the molecule is CC(c1cccc2c1OCO2)N1CCC(N2CCCCC2)CC1. The molecule has 4 rings (SSSR count). The summed E-state index contributed by atoms with van der Waals surface area (Å²) in [6.45, 7) is 7.67. The van der Waals surface area contributed by atoms with Gasteiger partial charge in [0.15, 0.2) is 11.5 Å². The molecular formula is C19H28N2O2. The highest BCUT2D eigenvalue weighted by Gasteiger charge is 2.30. The summed E-state index contributed by atoms with van der Waals surface area (Å²) in [7, 11) is 0. The van der Waals surface area contributed by atoms with Crippen molar-refractivity contribution in [2.24, 2.45) is 0 Å². The van der Waals surface area contributed by atoms with Gasteiger partial charge >= 0.3 is 0 Å². The Morgan fingerprint density at radius 3 is 2.57 bits per heavy atom. The van der Waals surface area contributed by atoms with Crippen LogP contribution in [-0.4, -0.2) is 48.8 Å². The first-order chi connectivity index (χ1) is 11.3. The largest absolute Gasteiger partial charge is 0.454 e. The highest BCUT2D eigenvalue weighted by molar-refractivity contribution is 5.49. The Balaban J connectivity index is 1.39. The summed E-state index contributed by atoms with van der Waals surface area (Å²) in [5, 5.41) is 0. The van der Waals surface area contributed by atoms with Crippen molar-refractivity contribution in [2.45, 2.75) is 51.1 Å². The maximum Gasteiger partial charge on any atom is 0.231 e. The Morgan fingerprint density at radius 1 is 1.00 bits per heavy atom. The first-order valence-electron chi connectivity index (χ1n) is 9.19. The number of para-hydroxylation sites is 1. The van der Waals surface area contributed by atoms with Crippen LogP contribution in [0, 0.1) is 0 Å². The van der Waals surface area contributed by atoms with Gasteiger partial charge in [0.25, 0.3) is 0 Å². The summed E-state index contributed by atoms with van der Waals surface area (Å²) in [6.07, 6.45) is 6.81. The summed E-state index contributed by atoms with van der Waals surface area (Å²) in [5.41, 5.74) is 1.27. The van der Waals surface area contributed by atoms with Crippen LogP contribution in [0.1, 0.15) is 50.6 Å². The van der Waals surface area contributed by atoms with Gasteiger partial charge in [-0.1, -0.05) is 18.6 Å². The summed E-state index contributed by atoms with van der Waals surface area (Å²) in [4.78, 5) is 5.35. The minimum Gasteiger partial charge on any atom is -0.454 e. The van der Waals surface area contributed by atoms with Gasteiger partial charge in [-0.25, -0.2) is 0 Å². The van der Waals surface area contributed by atoms with Gasteiger partial charge in [-0.2, -0.15) is 0 Å². The van der Waals surface area contributed by atoms with Gasteiger partial charge in [0.1, 0.15) is 0 Å². The predicted molar refractivity (Wildman–Crippen MR) is 91.0 cm³/mol. The number of nitrogens with zero attached hydrogens (tertiary/aromatic N) is 2. The van der Waals surface area contributed by atoms with Crippen LogP contribution < -0.4 is 9.47 Å². The molecule has 0 spiro atoms. The predicted octanol–water partition coefficient (Wildman–Crippen LogP) is 3.43. The summed E-state index contributed by atoms with van der Waals surface area (Å²) >= 11 is 0. The molecular weight excluding hydrogens is 288 g/mol. The highest BCUT2D eigenvalue weighted by Crippen LogP contribution is 2.40. The van der Waals surface area contributed by atoms with Crippen LogP contribution in [-0.2, 0) is 0 Å². The van der Waals surface area contributed by atoms with Crippen LogP contribution in [0.3, 0.4) is 0 Å². The van der Waals surface area contributed by atoms with Crippen molar-refractivity contribution in [3.8, 4) is 11.5 Å². The zero-order chi connectivity index (χ0) is 15.6. The van der Waals surface area contributed by atoms with Crippen LogP contribution in [0.5, 0.6) is 11.5 Å². The maximum absolute atomic E-state index is 5.70. The second kappa shape index (κ2) is 6.70. The molecule has 23 heavy (non-hydrogen) atoms. The molecule has 2 fully saturated rings. The smallest absolute Gasteiger partial charge is 0.231 e. The molecule has 0 bridgehead atoms. The van der Waals surface area contributed by atoms with E-state index < -0.39 is 0 Å². The third-order valence-electron chi connectivity index (χ3n) is 5.83. The molecule has 0 saturated carbocycles. The number of ether oxygens (including phenoxy) is 2. The third kappa shape index (κ3) is 3.07. The molecule has 3 aliphatic heterocycles. The molecule has 1 aromatic rings. The summed E-state index contributed by atoms with van der Waals surface area (Å²) < 4.78 is 11.2. The van der Waals surface area contributed by atoms with E-state index in [0.717, 1.165) is 17.5 Å². The quantitative estimate of drug-likeness (QED) is 0.853. The van der Waals surface area contributed by atoms with Crippen molar-refractivity contribution in [3.63, 3.8) is 0 Å². The molecule has 0 amide bonds. The Morgan fingerprint density at radius 2 is 1.78 bits per heavy atom. The molecule has 4 nitrogen and oxygen atoms in total. The topological polar surface area (TPSA) is 24.9 Å². The second-order valence-corrected chi connectivity index (χ2v) is 7.12. The van der Waals surface area contributed by atoms with Crippen molar-refractivity contribution < 1.29 is 9.47 Å². The summed E-state index contributed by atoms with van der Waals surface area (Å²) in [6, 6.07) is 7.48. The zero-order valence-corrected chi connectivity index (χ0v) is 14.2. The van der Waals surface area contributed by atoms with Crippen molar-refractivity contribution in [1.82, 2.24) is 9.80 Å². The van der Waals surface area contributed by atoms with Crippen LogP contribution in [0.15, 0.2) is 18.2 Å². The molecule has 0 aromatic heterocycles. The first-order valence-corrected chi connectivity index (χ1v) is 9.19. The molecule has 0 N–H and O–H groups in total. The molecule has 3 aliphatic rings. The standard InChI is InChI=1S/C19H28N2O2/c1-15(17-6-5-7-18-19(17)23-14-22-18)20-12-8-16(9-13-20)21-10-3-2-4-11-21/h5-7,15-16H,2-4,8-14H2,1H3. The first kappa shape index (κ1) is 15.3. The number of hydrogen-bond acceptors (Lipinski definition) is 4. The average Bonchev–Trinajstić information content (AvgIpc) is 3.11. The lowest BCUT2D eigenvalue weighted by Crippen LogP contribution is -2.47. The fourth-order valence-corrected chi connectivity index (χ4v) is 4.40. The minimum atomic E-state index is 0.357. The van der Waals surface area contributed by atoms with E-state index in [4.69, 9.17) is 9.47 Å². The number of hydrogen-bond donors (Lipinski definition) is 0. The van der Waals surface area contributed by atoms with Crippen LogP contribution >= 0.6 is 0 Å². The lowest BCUT2D eigenvalue weighted by atomic mass is 9.97. The normalized spacial score (nSPS) is 24.7. The van der Waals surface area contributed by atoms with E-state index in [-0.39, 0.29) is 0 Å². The van der Waals surface area contributed by atoms with Gasteiger partial charge in [0.2, 0.25) is 6.79 Å². The number of fused-ring (bicyclic) bond motifs is 1. The Hall–Kier alpha value is -1.26. The van der Waals surface area contributed by atoms with Gasteiger partial charge in [0, 0.05) is 30.7 Å². The van der Waals surface area contributed by atoms with Crippen molar-refractivity contribution in [2.75, 3.05) is 33.0 Å². The van der Waals surface area contributed by atoms with E-state index in [0.29, 0.717) is 12.8 Å². The Bertz CT molecular complexity index is 534. The van der Waals surface area contributed by atoms with Crippen LogP contribution in [0.2, 0.25) is 0 Å². The monoisotopic (exact) mass is 316 g/mol. The summed E-state index contributed by atoms with van der Waals surface area (Å²) in [5.74, 6) is 1.86. The van der Waals surface area contributed by atoms with Crippen molar-refractivity contribution >= 4 is 0 Å². The van der Waals surface area contributed by atoms with Crippen molar-refractivity contribution in [3.05, 3.63) is 23.8 Å². The lowest BCUT2D eigenvalue weighted by molar-refractivity contribution is 0.0750. The number of piperidine rings is 2. The van der Waals surface area contributed by atoms with E-state index in [1.54, 1.807) is 0 Å². The van der Waals surface area contributed by atoms with E-state index in [1.807, 2.05) is 6.07 Å². The molecule has 4 heteroatoms. The molecule has 1 atom stereocenters. The molecule has 0 aliphatic carbocycles. The Kier molecular flexibility index (Phi) is 4.45. The van der Waals surface area contributed by atoms with Gasteiger partial charge in [-0.3, -0.25) is 4.90 Å². The van der Waals surface area contributed by atoms with Crippen LogP contribution in [0.4, 0.5) is 0 Å². The molecule has 3 heterocycles. The second-order valence-electron chi connectivity index (χ2n) is 7.12. The third-order valence-corrected chi connectivity index (χ3v) is 5.83. The number of rotatable bonds is 3. The molecule has 1 aromatic carbocycles. The van der Waals surface area contributed by atoms with Gasteiger partial charge < -0.3 is 14.4 Å². The highest BCUT2D eigenvalue weighted by atomic mass is 16.7. The van der Waals surface area contributed by atoms with Gasteiger partial charge in [-0.15, -0.1) is 0 Å². The fraction of sp³-hybridized carbons (Fsp3) is 0.684. The Labute approximate surface area is 139 Å². The van der Waals surface area contributed by atoms with E-state index in [2.05, 4.69) is 28.9 Å². The minimum absolute atomic E-state index is 0.357. The number of benzene rings is 1. The maximum atomic E-state index is 5.70. The molecule has 2 saturated heterocycles. The number of likely N-dealkylation sites (tertiary alicyclic amines) is 2. The fourth-order valence-electron chi connectivity index (χ4n) is 4.40. The molecule has 0 radical (unpaired) electrons. The van der Waals surface area contributed by atoms with Gasteiger partial charge in [0.05, 0.1) is 0 Å². The lowest BCUT2D eigenvalue weighted by Gasteiger charge is -2.42. The van der Waals surface area contributed by atoms with E-state index in [1.165, 1.54) is 63.8 Å². The molecule has 1 unspecified atom stereocenters. The van der Waals surface area contributed by atoms with Gasteiger partial charge in [-0.05, 0) is 51.8 Å². The molecule has 126 valence electrons. The van der Waals surface area contributed by atoms with Crippen LogP contribution in [0.25, 0.3) is 0 Å². The van der Waals surface area contributed by atoms with Crippen molar-refractivity contribution in [1.29, 1.82) is 0 Å². The van der Waals surface area contributed by atoms with E-state index >= 15 is 0 Å². The van der Waals surface area contributed by atoms with E-state index in [9.17, 15) is 0 Å². The zero-order valence-electron chi connectivity index (χ0n) is 14.2.